The fourth-order valence-corrected chi connectivity index (χ4v) is 3.41. The molecule has 1 saturated heterocycles. The van der Waals surface area contributed by atoms with Crippen molar-refractivity contribution in [2.45, 2.75) is 45.3 Å². The summed E-state index contributed by atoms with van der Waals surface area (Å²) in [6.07, 6.45) is 7.93. The average molecular weight is 445 g/mol. The number of aromatic nitrogens is 5. The van der Waals surface area contributed by atoms with E-state index < -0.39 is 5.60 Å². The minimum atomic E-state index is -0.498. The molecule has 4 heterocycles. The number of carbonyl (C=O) groups is 1. The normalized spacial score (nSPS) is 15.2. The van der Waals surface area contributed by atoms with Crippen LogP contribution in [0.4, 0.5) is 22.2 Å². The SMILES string of the molecule is CC(C)(C)OC(=O)N1CCC(Nc2nc(Nc3cnn4ccnc4c3)ncc2Cl)CC1. The van der Waals surface area contributed by atoms with Gasteiger partial charge in [0.2, 0.25) is 5.95 Å². The highest BCUT2D eigenvalue weighted by Crippen LogP contribution is 2.25. The molecule has 31 heavy (non-hydrogen) atoms. The van der Waals surface area contributed by atoms with Crippen LogP contribution >= 0.6 is 11.6 Å². The molecule has 0 aromatic carbocycles. The summed E-state index contributed by atoms with van der Waals surface area (Å²) in [5.41, 5.74) is 0.938. The Bertz CT molecular complexity index is 1070. The molecule has 0 spiro atoms. The van der Waals surface area contributed by atoms with E-state index in [4.69, 9.17) is 16.3 Å². The zero-order chi connectivity index (χ0) is 22.0. The Morgan fingerprint density at radius 2 is 2.00 bits per heavy atom. The highest BCUT2D eigenvalue weighted by Gasteiger charge is 2.27. The standard InChI is InChI=1S/C20H25ClN8O2/c1-20(2,3)31-19(30)28-7-4-13(5-8-28)25-17-15(21)12-23-18(27-17)26-14-10-16-22-6-9-29(16)24-11-14/h6,9-13H,4-5,7-8H2,1-3H3,(H2,23,25,26,27). The van der Waals surface area contributed by atoms with Gasteiger partial charge in [0.05, 0.1) is 18.1 Å². The first-order valence-electron chi connectivity index (χ1n) is 10.1. The molecule has 1 aliphatic rings. The van der Waals surface area contributed by atoms with Gasteiger partial charge in [0.1, 0.15) is 10.6 Å². The van der Waals surface area contributed by atoms with Crippen molar-refractivity contribution >= 4 is 40.8 Å². The number of hydrogen-bond acceptors (Lipinski definition) is 8. The van der Waals surface area contributed by atoms with Gasteiger partial charge in [0, 0.05) is 37.6 Å². The van der Waals surface area contributed by atoms with Gasteiger partial charge in [-0.25, -0.2) is 19.3 Å². The van der Waals surface area contributed by atoms with Crippen LogP contribution in [-0.2, 0) is 4.74 Å². The number of amides is 1. The van der Waals surface area contributed by atoms with Gasteiger partial charge < -0.3 is 20.3 Å². The highest BCUT2D eigenvalue weighted by atomic mass is 35.5. The van der Waals surface area contributed by atoms with Crippen LogP contribution in [0.3, 0.4) is 0 Å². The summed E-state index contributed by atoms with van der Waals surface area (Å²) in [5, 5.41) is 11.2. The minimum absolute atomic E-state index is 0.141. The molecule has 0 atom stereocenters. The number of hydrogen-bond donors (Lipinski definition) is 2. The Morgan fingerprint density at radius 1 is 1.23 bits per heavy atom. The van der Waals surface area contributed by atoms with Crippen molar-refractivity contribution in [3.05, 3.63) is 35.9 Å². The molecular formula is C20H25ClN8O2. The fraction of sp³-hybridized carbons (Fsp3) is 0.450. The van der Waals surface area contributed by atoms with Crippen LogP contribution in [0, 0.1) is 0 Å². The van der Waals surface area contributed by atoms with Gasteiger partial charge in [-0.1, -0.05) is 11.6 Å². The predicted octanol–water partition coefficient (Wildman–Crippen LogP) is 3.73. The number of ether oxygens (including phenoxy) is 1. The van der Waals surface area contributed by atoms with Gasteiger partial charge in [-0.05, 0) is 33.6 Å². The van der Waals surface area contributed by atoms with E-state index in [9.17, 15) is 4.79 Å². The monoisotopic (exact) mass is 444 g/mol. The van der Waals surface area contributed by atoms with E-state index >= 15 is 0 Å². The predicted molar refractivity (Wildman–Crippen MR) is 118 cm³/mol. The summed E-state index contributed by atoms with van der Waals surface area (Å²) in [5.74, 6) is 0.945. The third kappa shape index (κ3) is 5.32. The topological polar surface area (TPSA) is 110 Å². The van der Waals surface area contributed by atoms with Gasteiger partial charge >= 0.3 is 6.09 Å². The van der Waals surface area contributed by atoms with Crippen LogP contribution < -0.4 is 10.6 Å². The van der Waals surface area contributed by atoms with E-state index in [2.05, 4.69) is 30.7 Å². The first-order valence-corrected chi connectivity index (χ1v) is 10.5. The second-order valence-electron chi connectivity index (χ2n) is 8.38. The Labute approximate surface area is 185 Å². The third-order valence-corrected chi connectivity index (χ3v) is 5.02. The molecule has 1 amide bonds. The lowest BCUT2D eigenvalue weighted by molar-refractivity contribution is 0.0210. The molecule has 0 unspecified atom stereocenters. The minimum Gasteiger partial charge on any atom is -0.444 e. The maximum atomic E-state index is 12.2. The fourth-order valence-electron chi connectivity index (χ4n) is 3.26. The summed E-state index contributed by atoms with van der Waals surface area (Å²) < 4.78 is 7.12. The average Bonchev–Trinajstić information content (AvgIpc) is 3.18. The number of carbonyl (C=O) groups excluding carboxylic acids is 1. The molecule has 11 heteroatoms. The summed E-state index contributed by atoms with van der Waals surface area (Å²) in [4.78, 5) is 26.9. The lowest BCUT2D eigenvalue weighted by Gasteiger charge is -2.34. The molecule has 0 aliphatic carbocycles. The largest absolute Gasteiger partial charge is 0.444 e. The molecule has 10 nitrogen and oxygen atoms in total. The molecular weight excluding hydrogens is 420 g/mol. The number of nitrogens with zero attached hydrogens (tertiary/aromatic N) is 6. The lowest BCUT2D eigenvalue weighted by Crippen LogP contribution is -2.44. The van der Waals surface area contributed by atoms with Crippen LogP contribution in [0.1, 0.15) is 33.6 Å². The first-order chi connectivity index (χ1) is 14.8. The van der Waals surface area contributed by atoms with Crippen molar-refractivity contribution in [1.82, 2.24) is 29.5 Å². The quantitative estimate of drug-likeness (QED) is 0.626. The summed E-state index contributed by atoms with van der Waals surface area (Å²) >= 11 is 6.31. The molecule has 3 aromatic heterocycles. The first kappa shape index (κ1) is 21.1. The molecule has 0 saturated carbocycles. The van der Waals surface area contributed by atoms with Crippen LogP contribution in [0.5, 0.6) is 0 Å². The van der Waals surface area contributed by atoms with Crippen LogP contribution in [0.25, 0.3) is 5.65 Å². The number of anilines is 3. The molecule has 0 radical (unpaired) electrons. The smallest absolute Gasteiger partial charge is 0.410 e. The maximum absolute atomic E-state index is 12.2. The van der Waals surface area contributed by atoms with E-state index in [1.165, 1.54) is 0 Å². The van der Waals surface area contributed by atoms with Gasteiger partial charge in [0.25, 0.3) is 0 Å². The summed E-state index contributed by atoms with van der Waals surface area (Å²) in [6, 6.07) is 1.99. The number of piperidine rings is 1. The summed E-state index contributed by atoms with van der Waals surface area (Å²) in [7, 11) is 0. The van der Waals surface area contributed by atoms with E-state index in [0.717, 1.165) is 18.5 Å². The number of likely N-dealkylation sites (tertiary alicyclic amines) is 1. The van der Waals surface area contributed by atoms with E-state index in [1.54, 1.807) is 34.2 Å². The molecule has 1 fully saturated rings. The van der Waals surface area contributed by atoms with Crippen LogP contribution in [0.2, 0.25) is 5.02 Å². The number of nitrogens with one attached hydrogen (secondary N) is 2. The molecule has 0 bridgehead atoms. The Hall–Kier alpha value is -3.14. The van der Waals surface area contributed by atoms with Gasteiger partial charge in [-0.2, -0.15) is 10.1 Å². The van der Waals surface area contributed by atoms with E-state index in [1.807, 2.05) is 26.8 Å². The van der Waals surface area contributed by atoms with E-state index in [-0.39, 0.29) is 12.1 Å². The number of rotatable bonds is 4. The highest BCUT2D eigenvalue weighted by molar-refractivity contribution is 6.32. The van der Waals surface area contributed by atoms with Crippen molar-refractivity contribution in [1.29, 1.82) is 0 Å². The number of imidazole rings is 1. The van der Waals surface area contributed by atoms with Crippen molar-refractivity contribution in [3.8, 4) is 0 Å². The molecule has 1 aliphatic heterocycles. The van der Waals surface area contributed by atoms with Crippen molar-refractivity contribution in [2.24, 2.45) is 0 Å². The van der Waals surface area contributed by atoms with Crippen LogP contribution in [0.15, 0.2) is 30.9 Å². The second-order valence-corrected chi connectivity index (χ2v) is 8.78. The second kappa shape index (κ2) is 8.54. The zero-order valence-corrected chi connectivity index (χ0v) is 18.4. The van der Waals surface area contributed by atoms with Gasteiger partial charge in [-0.15, -0.1) is 0 Å². The Balaban J connectivity index is 1.37. The molecule has 3 aromatic rings. The molecule has 164 valence electrons. The van der Waals surface area contributed by atoms with Crippen LogP contribution in [-0.4, -0.2) is 60.3 Å². The number of halogens is 1. The van der Waals surface area contributed by atoms with Crippen molar-refractivity contribution in [3.63, 3.8) is 0 Å². The van der Waals surface area contributed by atoms with Gasteiger partial charge in [-0.3, -0.25) is 0 Å². The molecule has 2 N–H and O–H groups in total. The van der Waals surface area contributed by atoms with Crippen molar-refractivity contribution < 1.29 is 9.53 Å². The number of fused-ring (bicyclic) bond motifs is 1. The van der Waals surface area contributed by atoms with E-state index in [0.29, 0.717) is 35.5 Å². The Morgan fingerprint density at radius 3 is 2.74 bits per heavy atom. The third-order valence-electron chi connectivity index (χ3n) is 4.74. The zero-order valence-electron chi connectivity index (χ0n) is 17.7. The lowest BCUT2D eigenvalue weighted by atomic mass is 10.1. The van der Waals surface area contributed by atoms with Gasteiger partial charge in [0.15, 0.2) is 11.5 Å². The Kier molecular flexibility index (Phi) is 5.81. The summed E-state index contributed by atoms with van der Waals surface area (Å²) in [6.45, 7) is 6.81. The maximum Gasteiger partial charge on any atom is 0.410 e. The molecule has 4 rings (SSSR count). The van der Waals surface area contributed by atoms with Crippen molar-refractivity contribution in [2.75, 3.05) is 23.7 Å².